The summed E-state index contributed by atoms with van der Waals surface area (Å²) >= 11 is 1.37. The Balaban J connectivity index is 2.93. The van der Waals surface area contributed by atoms with E-state index in [0.29, 0.717) is 24.3 Å². The molecule has 0 saturated carbocycles. The number of alkyl halides is 3. The van der Waals surface area contributed by atoms with Gasteiger partial charge in [-0.05, 0) is 13.3 Å². The molecule has 1 aromatic rings. The van der Waals surface area contributed by atoms with Crippen LogP contribution in [0.4, 0.5) is 18.3 Å². The third-order valence-electron chi connectivity index (χ3n) is 2.95. The summed E-state index contributed by atoms with van der Waals surface area (Å²) in [5, 5.41) is 3.78. The lowest BCUT2D eigenvalue weighted by Gasteiger charge is -2.21. The van der Waals surface area contributed by atoms with E-state index in [2.05, 4.69) is 10.3 Å². The standard InChI is InChI=1S/C14H24F3N3S/c1-5-7-11-12(8-18-10(3)4)21-13(19-11)20(6-2)9-14(15,16)17/h10,18H,5-9H2,1-4H3. The zero-order valence-electron chi connectivity index (χ0n) is 13.0. The van der Waals surface area contributed by atoms with Gasteiger partial charge in [-0.1, -0.05) is 27.2 Å². The highest BCUT2D eigenvalue weighted by Crippen LogP contribution is 2.29. The monoisotopic (exact) mass is 323 g/mol. The van der Waals surface area contributed by atoms with Crippen molar-refractivity contribution in [3.8, 4) is 0 Å². The predicted molar refractivity (Wildman–Crippen MR) is 82.0 cm³/mol. The van der Waals surface area contributed by atoms with Crippen molar-refractivity contribution in [3.63, 3.8) is 0 Å². The van der Waals surface area contributed by atoms with Gasteiger partial charge < -0.3 is 10.2 Å². The second-order valence-corrected chi connectivity index (χ2v) is 6.34. The molecule has 21 heavy (non-hydrogen) atoms. The average Bonchev–Trinajstić information content (AvgIpc) is 2.76. The van der Waals surface area contributed by atoms with Crippen LogP contribution in [0.2, 0.25) is 0 Å². The smallest absolute Gasteiger partial charge is 0.339 e. The Bertz CT molecular complexity index is 430. The molecule has 0 aromatic carbocycles. The van der Waals surface area contributed by atoms with Crippen molar-refractivity contribution in [1.82, 2.24) is 10.3 Å². The van der Waals surface area contributed by atoms with Crippen molar-refractivity contribution < 1.29 is 13.2 Å². The largest absolute Gasteiger partial charge is 0.406 e. The maximum absolute atomic E-state index is 12.6. The second-order valence-electron chi connectivity index (χ2n) is 5.28. The van der Waals surface area contributed by atoms with Crippen LogP contribution in [-0.2, 0) is 13.0 Å². The van der Waals surface area contributed by atoms with Crippen LogP contribution in [-0.4, -0.2) is 30.3 Å². The first kappa shape index (κ1) is 18.2. The molecule has 0 aliphatic carbocycles. The van der Waals surface area contributed by atoms with Gasteiger partial charge in [0.25, 0.3) is 0 Å². The summed E-state index contributed by atoms with van der Waals surface area (Å²) in [6, 6.07) is 0.336. The minimum absolute atomic E-state index is 0.301. The van der Waals surface area contributed by atoms with E-state index in [1.54, 1.807) is 6.92 Å². The normalized spacial score (nSPS) is 12.2. The molecule has 7 heteroatoms. The van der Waals surface area contributed by atoms with Crippen LogP contribution in [0.3, 0.4) is 0 Å². The van der Waals surface area contributed by atoms with Gasteiger partial charge in [-0.3, -0.25) is 0 Å². The Morgan fingerprint density at radius 2 is 1.95 bits per heavy atom. The van der Waals surface area contributed by atoms with Gasteiger partial charge in [-0.2, -0.15) is 13.2 Å². The van der Waals surface area contributed by atoms with Crippen LogP contribution in [0.25, 0.3) is 0 Å². The number of halogens is 3. The molecular weight excluding hydrogens is 299 g/mol. The average molecular weight is 323 g/mol. The van der Waals surface area contributed by atoms with E-state index in [9.17, 15) is 13.2 Å². The zero-order chi connectivity index (χ0) is 16.0. The molecule has 1 rings (SSSR count). The first-order chi connectivity index (χ1) is 9.76. The van der Waals surface area contributed by atoms with Crippen LogP contribution < -0.4 is 10.2 Å². The van der Waals surface area contributed by atoms with E-state index in [1.165, 1.54) is 16.2 Å². The van der Waals surface area contributed by atoms with Gasteiger partial charge in [0.1, 0.15) is 6.54 Å². The first-order valence-corrected chi connectivity index (χ1v) is 8.12. The molecule has 0 aliphatic rings. The van der Waals surface area contributed by atoms with E-state index in [0.717, 1.165) is 23.4 Å². The molecule has 1 heterocycles. The van der Waals surface area contributed by atoms with Crippen LogP contribution in [0.15, 0.2) is 0 Å². The number of hydrogen-bond donors (Lipinski definition) is 1. The molecule has 0 atom stereocenters. The summed E-state index contributed by atoms with van der Waals surface area (Å²) in [7, 11) is 0. The number of thiazole rings is 1. The highest BCUT2D eigenvalue weighted by atomic mass is 32.1. The van der Waals surface area contributed by atoms with E-state index in [1.807, 2.05) is 20.8 Å². The van der Waals surface area contributed by atoms with Crippen LogP contribution in [0, 0.1) is 0 Å². The fourth-order valence-corrected chi connectivity index (χ4v) is 3.02. The molecule has 0 unspecified atom stereocenters. The number of aromatic nitrogens is 1. The van der Waals surface area contributed by atoms with Gasteiger partial charge in [-0.15, -0.1) is 11.3 Å². The minimum Gasteiger partial charge on any atom is -0.339 e. The summed E-state index contributed by atoms with van der Waals surface area (Å²) < 4.78 is 37.8. The second kappa shape index (κ2) is 7.98. The van der Waals surface area contributed by atoms with E-state index >= 15 is 0 Å². The molecule has 0 amide bonds. The first-order valence-electron chi connectivity index (χ1n) is 7.30. The Morgan fingerprint density at radius 3 is 2.43 bits per heavy atom. The highest BCUT2D eigenvalue weighted by Gasteiger charge is 2.31. The van der Waals surface area contributed by atoms with Crippen molar-refractivity contribution in [2.24, 2.45) is 0 Å². The van der Waals surface area contributed by atoms with Crippen LogP contribution in [0.5, 0.6) is 0 Å². The SMILES string of the molecule is CCCc1nc(N(CC)CC(F)(F)F)sc1CNC(C)C. The fourth-order valence-electron chi connectivity index (χ4n) is 1.90. The maximum atomic E-state index is 12.6. The predicted octanol–water partition coefficient (Wildman–Crippen LogP) is 3.98. The molecule has 1 aromatic heterocycles. The topological polar surface area (TPSA) is 28.2 Å². The molecule has 3 nitrogen and oxygen atoms in total. The zero-order valence-corrected chi connectivity index (χ0v) is 13.9. The van der Waals surface area contributed by atoms with E-state index in [4.69, 9.17) is 0 Å². The van der Waals surface area contributed by atoms with Crippen molar-refractivity contribution in [2.45, 2.75) is 59.3 Å². The Morgan fingerprint density at radius 1 is 1.29 bits per heavy atom. The maximum Gasteiger partial charge on any atom is 0.406 e. The molecule has 122 valence electrons. The third kappa shape index (κ3) is 6.22. The van der Waals surface area contributed by atoms with Crippen molar-refractivity contribution in [2.75, 3.05) is 18.0 Å². The van der Waals surface area contributed by atoms with Gasteiger partial charge in [0, 0.05) is 24.0 Å². The van der Waals surface area contributed by atoms with Crippen molar-refractivity contribution in [3.05, 3.63) is 10.6 Å². The molecule has 1 N–H and O–H groups in total. The lowest BCUT2D eigenvalue weighted by molar-refractivity contribution is -0.119. The molecular formula is C14H24F3N3S. The Hall–Kier alpha value is -0.820. The quantitative estimate of drug-likeness (QED) is 0.784. The molecule has 0 bridgehead atoms. The van der Waals surface area contributed by atoms with Gasteiger partial charge in [0.15, 0.2) is 5.13 Å². The fraction of sp³-hybridized carbons (Fsp3) is 0.786. The number of rotatable bonds is 8. The molecule has 0 fully saturated rings. The van der Waals surface area contributed by atoms with Crippen LogP contribution >= 0.6 is 11.3 Å². The lowest BCUT2D eigenvalue weighted by Crippen LogP contribution is -2.34. The number of aryl methyl sites for hydroxylation is 1. The van der Waals surface area contributed by atoms with Gasteiger partial charge in [0.2, 0.25) is 0 Å². The molecule has 0 spiro atoms. The summed E-state index contributed by atoms with van der Waals surface area (Å²) in [4.78, 5) is 6.77. The number of nitrogens with one attached hydrogen (secondary N) is 1. The van der Waals surface area contributed by atoms with Gasteiger partial charge in [0.05, 0.1) is 5.69 Å². The molecule has 0 saturated heterocycles. The minimum atomic E-state index is -4.21. The number of anilines is 1. The Labute approximate surface area is 128 Å². The summed E-state index contributed by atoms with van der Waals surface area (Å²) in [5.74, 6) is 0. The van der Waals surface area contributed by atoms with Gasteiger partial charge in [-0.25, -0.2) is 4.98 Å². The van der Waals surface area contributed by atoms with Crippen LogP contribution in [0.1, 0.15) is 44.7 Å². The molecule has 0 aliphatic heterocycles. The van der Waals surface area contributed by atoms with Crippen molar-refractivity contribution >= 4 is 16.5 Å². The third-order valence-corrected chi connectivity index (χ3v) is 4.11. The van der Waals surface area contributed by atoms with Gasteiger partial charge >= 0.3 is 6.18 Å². The molecule has 0 radical (unpaired) electrons. The number of nitrogens with zero attached hydrogens (tertiary/aromatic N) is 2. The lowest BCUT2D eigenvalue weighted by atomic mass is 10.2. The summed E-state index contributed by atoms with van der Waals surface area (Å²) in [6.07, 6.45) is -2.47. The van der Waals surface area contributed by atoms with E-state index in [-0.39, 0.29) is 0 Å². The number of hydrogen-bond acceptors (Lipinski definition) is 4. The highest BCUT2D eigenvalue weighted by molar-refractivity contribution is 7.15. The Kier molecular flexibility index (Phi) is 6.93. The summed E-state index contributed by atoms with van der Waals surface area (Å²) in [6.45, 7) is 7.88. The van der Waals surface area contributed by atoms with E-state index < -0.39 is 12.7 Å². The van der Waals surface area contributed by atoms with Crippen molar-refractivity contribution in [1.29, 1.82) is 0 Å². The summed E-state index contributed by atoms with van der Waals surface area (Å²) in [5.41, 5.74) is 0.922.